The molecule has 0 radical (unpaired) electrons. The summed E-state index contributed by atoms with van der Waals surface area (Å²) in [5.41, 5.74) is 3.23. The van der Waals surface area contributed by atoms with E-state index in [4.69, 9.17) is 9.47 Å². The number of hydrogen-bond donors (Lipinski definition) is 1. The lowest BCUT2D eigenvalue weighted by molar-refractivity contribution is 0.395. The van der Waals surface area contributed by atoms with E-state index >= 15 is 0 Å². The molecular weight excluding hydrogens is 364 g/mol. The smallest absolute Gasteiger partial charge is 0.124 e. The third-order valence-electron chi connectivity index (χ3n) is 3.42. The molecule has 0 unspecified atom stereocenters. The summed E-state index contributed by atoms with van der Waals surface area (Å²) in [4.78, 5) is 2.65. The van der Waals surface area contributed by atoms with Crippen molar-refractivity contribution in [2.24, 2.45) is 0 Å². The predicted octanol–water partition coefficient (Wildman–Crippen LogP) is 4.61. The van der Waals surface area contributed by atoms with Gasteiger partial charge in [0.05, 0.1) is 26.5 Å². The van der Waals surface area contributed by atoms with Crippen LogP contribution in [0.5, 0.6) is 11.5 Å². The number of nitrogens with one attached hydrogen (secondary N) is 1. The molecule has 3 rings (SSSR count). The number of methoxy groups -OCH3 is 2. The SMILES string of the molecule is COc1cc(NC2=CN(Br)Cc3sc(C)cc32)cc(OC)c1. The van der Waals surface area contributed by atoms with E-state index in [9.17, 15) is 0 Å². The molecule has 0 amide bonds. The topological polar surface area (TPSA) is 33.7 Å². The average molecular weight is 381 g/mol. The Bertz CT molecular complexity index is 705. The molecular formula is C16H17BrN2O2S. The minimum atomic E-state index is 0.760. The van der Waals surface area contributed by atoms with E-state index in [1.165, 1.54) is 15.3 Å². The van der Waals surface area contributed by atoms with Gasteiger partial charge in [-0.1, -0.05) is 0 Å². The van der Waals surface area contributed by atoms with Crippen LogP contribution in [0.25, 0.3) is 5.70 Å². The highest BCUT2D eigenvalue weighted by atomic mass is 79.9. The van der Waals surface area contributed by atoms with Gasteiger partial charge in [-0.2, -0.15) is 0 Å². The highest BCUT2D eigenvalue weighted by Crippen LogP contribution is 2.36. The van der Waals surface area contributed by atoms with Gasteiger partial charge in [-0.15, -0.1) is 11.3 Å². The van der Waals surface area contributed by atoms with Gasteiger partial charge in [-0.3, -0.25) is 0 Å². The number of hydrogen-bond acceptors (Lipinski definition) is 5. The lowest BCUT2D eigenvalue weighted by atomic mass is 10.1. The van der Waals surface area contributed by atoms with Crippen molar-refractivity contribution in [2.75, 3.05) is 19.5 Å². The average Bonchev–Trinajstić information content (AvgIpc) is 2.87. The molecule has 1 aromatic heterocycles. The lowest BCUT2D eigenvalue weighted by Crippen LogP contribution is -2.13. The van der Waals surface area contributed by atoms with Gasteiger partial charge in [-0.25, -0.2) is 0 Å². The Balaban J connectivity index is 1.95. The van der Waals surface area contributed by atoms with Crippen LogP contribution in [0.1, 0.15) is 15.3 Å². The largest absolute Gasteiger partial charge is 0.497 e. The van der Waals surface area contributed by atoms with Crippen molar-refractivity contribution in [2.45, 2.75) is 13.5 Å². The van der Waals surface area contributed by atoms with Gasteiger partial charge in [0.1, 0.15) is 11.5 Å². The summed E-state index contributed by atoms with van der Waals surface area (Å²) in [5, 5.41) is 3.47. The molecule has 0 saturated heterocycles. The number of benzene rings is 1. The Labute approximate surface area is 142 Å². The zero-order valence-electron chi connectivity index (χ0n) is 12.6. The molecule has 1 aromatic carbocycles. The van der Waals surface area contributed by atoms with E-state index in [1.54, 1.807) is 14.2 Å². The van der Waals surface area contributed by atoms with Crippen molar-refractivity contribution in [3.63, 3.8) is 0 Å². The maximum Gasteiger partial charge on any atom is 0.124 e. The van der Waals surface area contributed by atoms with Crippen LogP contribution in [-0.2, 0) is 6.54 Å². The molecule has 0 atom stereocenters. The van der Waals surface area contributed by atoms with Gasteiger partial charge in [0.25, 0.3) is 0 Å². The number of thiophene rings is 1. The van der Waals surface area contributed by atoms with Gasteiger partial charge in [-0.05, 0) is 13.0 Å². The minimum Gasteiger partial charge on any atom is -0.497 e. The van der Waals surface area contributed by atoms with Gasteiger partial charge in [0.15, 0.2) is 0 Å². The fourth-order valence-electron chi connectivity index (χ4n) is 2.44. The molecule has 0 saturated carbocycles. The molecule has 116 valence electrons. The van der Waals surface area contributed by atoms with Crippen molar-refractivity contribution in [3.8, 4) is 11.5 Å². The van der Waals surface area contributed by atoms with E-state index < -0.39 is 0 Å². The number of aryl methyl sites for hydroxylation is 1. The Morgan fingerprint density at radius 2 is 1.82 bits per heavy atom. The number of anilines is 1. The van der Waals surface area contributed by atoms with E-state index in [2.05, 4.69) is 40.7 Å². The zero-order valence-corrected chi connectivity index (χ0v) is 15.0. The summed E-state index contributed by atoms with van der Waals surface area (Å²) in [6.45, 7) is 3.01. The molecule has 4 nitrogen and oxygen atoms in total. The molecule has 0 spiro atoms. The second-order valence-electron chi connectivity index (χ2n) is 5.02. The Kier molecular flexibility index (Phi) is 4.31. The first kappa shape index (κ1) is 15.2. The maximum atomic E-state index is 5.32. The first-order chi connectivity index (χ1) is 10.6. The van der Waals surface area contributed by atoms with Crippen LogP contribution in [0, 0.1) is 6.92 Å². The molecule has 22 heavy (non-hydrogen) atoms. The number of fused-ring (bicyclic) bond motifs is 1. The molecule has 1 aliphatic rings. The normalized spacial score (nSPS) is 13.5. The molecule has 2 aromatic rings. The number of rotatable bonds is 4. The van der Waals surface area contributed by atoms with Crippen LogP contribution in [0.2, 0.25) is 0 Å². The van der Waals surface area contributed by atoms with Crippen LogP contribution in [-0.4, -0.2) is 18.1 Å². The van der Waals surface area contributed by atoms with E-state index in [1.807, 2.05) is 33.5 Å². The fourth-order valence-corrected chi connectivity index (χ4v) is 4.10. The summed E-state index contributed by atoms with van der Waals surface area (Å²) >= 11 is 5.37. The molecule has 0 fully saturated rings. The zero-order chi connectivity index (χ0) is 15.7. The van der Waals surface area contributed by atoms with Gasteiger partial charge >= 0.3 is 0 Å². The Morgan fingerprint density at radius 3 is 2.45 bits per heavy atom. The van der Waals surface area contributed by atoms with E-state index in [0.29, 0.717) is 0 Å². The standard InChI is InChI=1S/C16H17BrN2O2S/c1-10-4-14-15(8-19(17)9-16(14)22-10)18-11-5-12(20-2)7-13(6-11)21-3/h4-8,18H,9H2,1-3H3. The van der Waals surface area contributed by atoms with E-state index in [-0.39, 0.29) is 0 Å². The third kappa shape index (κ3) is 3.08. The van der Waals surface area contributed by atoms with Crippen molar-refractivity contribution in [1.82, 2.24) is 3.93 Å². The van der Waals surface area contributed by atoms with Gasteiger partial charge in [0.2, 0.25) is 0 Å². The van der Waals surface area contributed by atoms with Crippen LogP contribution >= 0.6 is 27.5 Å². The van der Waals surface area contributed by atoms with Crippen molar-refractivity contribution in [3.05, 3.63) is 45.8 Å². The fraction of sp³-hybridized carbons (Fsp3) is 0.250. The molecule has 1 N–H and O–H groups in total. The number of halogens is 1. The Morgan fingerprint density at radius 1 is 1.14 bits per heavy atom. The summed E-state index contributed by atoms with van der Waals surface area (Å²) in [7, 11) is 3.30. The van der Waals surface area contributed by atoms with Crippen molar-refractivity contribution >= 4 is 38.9 Å². The van der Waals surface area contributed by atoms with Gasteiger partial charge in [0, 0.05) is 61.6 Å². The van der Waals surface area contributed by atoms with Gasteiger partial charge < -0.3 is 18.7 Å². The predicted molar refractivity (Wildman–Crippen MR) is 94.7 cm³/mol. The lowest BCUT2D eigenvalue weighted by Gasteiger charge is -2.22. The first-order valence-electron chi connectivity index (χ1n) is 6.83. The van der Waals surface area contributed by atoms with Crippen molar-refractivity contribution in [1.29, 1.82) is 0 Å². The van der Waals surface area contributed by atoms with Crippen LogP contribution in [0.15, 0.2) is 30.5 Å². The summed E-state index contributed by atoms with van der Waals surface area (Å²) in [6, 6.07) is 7.98. The second-order valence-corrected chi connectivity index (χ2v) is 7.27. The quantitative estimate of drug-likeness (QED) is 0.785. The number of nitrogens with zero attached hydrogens (tertiary/aromatic N) is 1. The highest BCUT2D eigenvalue weighted by molar-refractivity contribution is 9.07. The summed E-state index contributed by atoms with van der Waals surface area (Å²) in [5.74, 6) is 1.52. The third-order valence-corrected chi connectivity index (χ3v) is 4.91. The second kappa shape index (κ2) is 6.22. The molecule has 0 aliphatic carbocycles. The molecule has 1 aliphatic heterocycles. The number of ether oxygens (including phenoxy) is 2. The Hall–Kier alpha value is -1.66. The summed E-state index contributed by atoms with van der Waals surface area (Å²) < 4.78 is 12.7. The molecule has 2 heterocycles. The van der Waals surface area contributed by atoms with Crippen LogP contribution in [0.3, 0.4) is 0 Å². The van der Waals surface area contributed by atoms with E-state index in [0.717, 1.165) is 29.4 Å². The monoisotopic (exact) mass is 380 g/mol. The minimum absolute atomic E-state index is 0.760. The van der Waals surface area contributed by atoms with Crippen LogP contribution < -0.4 is 14.8 Å². The first-order valence-corrected chi connectivity index (χ1v) is 8.35. The van der Waals surface area contributed by atoms with Crippen molar-refractivity contribution < 1.29 is 9.47 Å². The summed E-state index contributed by atoms with van der Waals surface area (Å²) in [6.07, 6.45) is 2.06. The molecule has 6 heteroatoms. The van der Waals surface area contributed by atoms with Crippen LogP contribution in [0.4, 0.5) is 5.69 Å². The maximum absolute atomic E-state index is 5.32. The molecule has 0 bridgehead atoms. The highest BCUT2D eigenvalue weighted by Gasteiger charge is 2.19.